The van der Waals surface area contributed by atoms with Gasteiger partial charge in [0.1, 0.15) is 5.75 Å². The Morgan fingerprint density at radius 3 is 2.93 bits per heavy atom. The number of imidazole rings is 1. The van der Waals surface area contributed by atoms with Crippen LogP contribution >= 0.6 is 0 Å². The van der Waals surface area contributed by atoms with E-state index in [1.54, 1.807) is 30.5 Å². The van der Waals surface area contributed by atoms with Gasteiger partial charge in [-0.2, -0.15) is 0 Å². The van der Waals surface area contributed by atoms with E-state index < -0.39 is 0 Å². The van der Waals surface area contributed by atoms with Crippen molar-refractivity contribution in [2.45, 2.75) is 6.54 Å². The van der Waals surface area contributed by atoms with Crippen LogP contribution in [0.2, 0.25) is 0 Å². The van der Waals surface area contributed by atoms with Crippen LogP contribution in [0.1, 0.15) is 15.9 Å². The number of piperazine rings is 1. The average molecular weight is 364 g/mol. The highest BCUT2D eigenvalue weighted by Gasteiger charge is 2.22. The van der Waals surface area contributed by atoms with Crippen molar-refractivity contribution < 1.29 is 14.3 Å². The van der Waals surface area contributed by atoms with Gasteiger partial charge >= 0.3 is 0 Å². The van der Waals surface area contributed by atoms with Gasteiger partial charge in [-0.15, -0.1) is 0 Å². The lowest BCUT2D eigenvalue weighted by Crippen LogP contribution is -2.49. The van der Waals surface area contributed by atoms with E-state index >= 15 is 0 Å². The number of ether oxygens (including phenoxy) is 1. The Morgan fingerprint density at radius 2 is 2.11 bits per heavy atom. The number of carbonyl (C=O) groups is 2. The fourth-order valence-electron chi connectivity index (χ4n) is 3.33. The van der Waals surface area contributed by atoms with Gasteiger partial charge in [0, 0.05) is 24.2 Å². The largest absolute Gasteiger partial charge is 0.496 e. The topological polar surface area (TPSA) is 76.5 Å². The Labute approximate surface area is 156 Å². The van der Waals surface area contributed by atoms with Crippen LogP contribution < -0.4 is 10.1 Å². The molecule has 1 saturated heterocycles. The molecule has 0 aliphatic carbocycles. The van der Waals surface area contributed by atoms with Crippen LogP contribution in [0.25, 0.3) is 11.0 Å². The second kappa shape index (κ2) is 7.11. The fraction of sp³-hybridized carbons (Fsp3) is 0.250. The monoisotopic (exact) mass is 364 g/mol. The Bertz CT molecular complexity index is 1010. The number of aromatic nitrogens is 2. The SMILES string of the molecule is COc1ccccc1Cn1cnc2cc(C(=O)N3CCNC(=O)C3)ccc21. The van der Waals surface area contributed by atoms with Crippen LogP contribution in [-0.2, 0) is 11.3 Å². The number of para-hydroxylation sites is 1. The molecule has 0 spiro atoms. The lowest BCUT2D eigenvalue weighted by molar-refractivity contribution is -0.123. The van der Waals surface area contributed by atoms with Gasteiger partial charge < -0.3 is 19.5 Å². The molecule has 7 nitrogen and oxygen atoms in total. The van der Waals surface area contributed by atoms with Crippen LogP contribution in [0.5, 0.6) is 5.75 Å². The van der Waals surface area contributed by atoms with Gasteiger partial charge in [-0.25, -0.2) is 4.98 Å². The molecule has 3 aromatic rings. The molecule has 1 aliphatic heterocycles. The summed E-state index contributed by atoms with van der Waals surface area (Å²) in [5.74, 6) is 0.553. The summed E-state index contributed by atoms with van der Waals surface area (Å²) in [4.78, 5) is 30.2. The number of hydrogen-bond donors (Lipinski definition) is 1. The summed E-state index contributed by atoms with van der Waals surface area (Å²) in [5, 5.41) is 2.73. The quantitative estimate of drug-likeness (QED) is 0.764. The number of nitrogens with one attached hydrogen (secondary N) is 1. The normalized spacial score (nSPS) is 14.3. The first-order chi connectivity index (χ1) is 13.2. The molecule has 7 heteroatoms. The van der Waals surface area contributed by atoms with E-state index in [4.69, 9.17) is 4.74 Å². The average Bonchev–Trinajstić information content (AvgIpc) is 3.10. The van der Waals surface area contributed by atoms with Crippen LogP contribution in [0.15, 0.2) is 48.8 Å². The van der Waals surface area contributed by atoms with E-state index in [-0.39, 0.29) is 18.4 Å². The van der Waals surface area contributed by atoms with Crippen molar-refractivity contribution in [3.8, 4) is 5.75 Å². The molecular weight excluding hydrogens is 344 g/mol. The zero-order chi connectivity index (χ0) is 18.8. The van der Waals surface area contributed by atoms with E-state index in [0.717, 1.165) is 22.3 Å². The standard InChI is InChI=1S/C20H20N4O3/c1-27-18-5-3-2-4-15(18)11-24-13-22-16-10-14(6-7-17(16)24)20(26)23-9-8-21-19(25)12-23/h2-7,10,13H,8-9,11-12H2,1H3,(H,21,25). The number of fused-ring (bicyclic) bond motifs is 1. The number of amides is 2. The number of hydrogen-bond acceptors (Lipinski definition) is 4. The fourth-order valence-corrected chi connectivity index (χ4v) is 3.33. The minimum absolute atomic E-state index is 0.0963. The third-order valence-electron chi connectivity index (χ3n) is 4.73. The molecule has 4 rings (SSSR count). The molecule has 2 amide bonds. The van der Waals surface area contributed by atoms with Gasteiger partial charge in [-0.05, 0) is 24.3 Å². The molecule has 1 aliphatic rings. The van der Waals surface area contributed by atoms with Crippen molar-refractivity contribution in [1.82, 2.24) is 19.8 Å². The molecule has 0 unspecified atom stereocenters. The molecule has 27 heavy (non-hydrogen) atoms. The summed E-state index contributed by atoms with van der Waals surface area (Å²) in [6.07, 6.45) is 1.76. The summed E-state index contributed by atoms with van der Waals surface area (Å²) in [5.41, 5.74) is 3.28. The minimum Gasteiger partial charge on any atom is -0.496 e. The Hall–Kier alpha value is -3.35. The number of carbonyl (C=O) groups excluding carboxylic acids is 2. The lowest BCUT2D eigenvalue weighted by Gasteiger charge is -2.26. The molecule has 1 aromatic heterocycles. The second-order valence-corrected chi connectivity index (χ2v) is 6.46. The Balaban J connectivity index is 1.60. The highest BCUT2D eigenvalue weighted by Crippen LogP contribution is 2.22. The molecule has 138 valence electrons. The van der Waals surface area contributed by atoms with E-state index in [2.05, 4.69) is 10.3 Å². The maximum atomic E-state index is 12.7. The van der Waals surface area contributed by atoms with Crippen LogP contribution in [0, 0.1) is 0 Å². The smallest absolute Gasteiger partial charge is 0.254 e. The highest BCUT2D eigenvalue weighted by molar-refractivity contribution is 5.99. The summed E-state index contributed by atoms with van der Waals surface area (Å²) in [7, 11) is 1.66. The summed E-state index contributed by atoms with van der Waals surface area (Å²) < 4.78 is 7.44. The molecule has 0 bridgehead atoms. The van der Waals surface area contributed by atoms with E-state index in [1.165, 1.54) is 0 Å². The molecule has 0 radical (unpaired) electrons. The van der Waals surface area contributed by atoms with Crippen molar-refractivity contribution in [2.75, 3.05) is 26.7 Å². The zero-order valence-electron chi connectivity index (χ0n) is 15.0. The second-order valence-electron chi connectivity index (χ2n) is 6.46. The summed E-state index contributed by atoms with van der Waals surface area (Å²) in [6, 6.07) is 13.3. The Kier molecular flexibility index (Phi) is 4.50. The minimum atomic E-state index is -0.147. The van der Waals surface area contributed by atoms with Crippen LogP contribution in [-0.4, -0.2) is 53.0 Å². The van der Waals surface area contributed by atoms with Crippen molar-refractivity contribution in [3.63, 3.8) is 0 Å². The maximum Gasteiger partial charge on any atom is 0.254 e. The molecule has 2 heterocycles. The first kappa shape index (κ1) is 17.1. The van der Waals surface area contributed by atoms with Crippen molar-refractivity contribution >= 4 is 22.8 Å². The van der Waals surface area contributed by atoms with Crippen molar-refractivity contribution in [3.05, 3.63) is 59.9 Å². The number of methoxy groups -OCH3 is 1. The van der Waals surface area contributed by atoms with Crippen molar-refractivity contribution in [1.29, 1.82) is 0 Å². The van der Waals surface area contributed by atoms with Crippen LogP contribution in [0.3, 0.4) is 0 Å². The van der Waals surface area contributed by atoms with Gasteiger partial charge in [0.05, 0.1) is 37.6 Å². The van der Waals surface area contributed by atoms with E-state index in [9.17, 15) is 9.59 Å². The van der Waals surface area contributed by atoms with Gasteiger partial charge in [0.2, 0.25) is 5.91 Å². The summed E-state index contributed by atoms with van der Waals surface area (Å²) in [6.45, 7) is 1.73. The zero-order valence-corrected chi connectivity index (χ0v) is 15.0. The predicted molar refractivity (Wildman–Crippen MR) is 101 cm³/mol. The van der Waals surface area contributed by atoms with Crippen molar-refractivity contribution in [2.24, 2.45) is 0 Å². The third kappa shape index (κ3) is 3.36. The molecule has 0 atom stereocenters. The van der Waals surface area contributed by atoms with Crippen LogP contribution in [0.4, 0.5) is 0 Å². The number of benzene rings is 2. The van der Waals surface area contributed by atoms with E-state index in [1.807, 2.05) is 34.9 Å². The van der Waals surface area contributed by atoms with Gasteiger partial charge in [-0.3, -0.25) is 9.59 Å². The van der Waals surface area contributed by atoms with Gasteiger partial charge in [0.25, 0.3) is 5.91 Å². The number of nitrogens with zero attached hydrogens (tertiary/aromatic N) is 3. The van der Waals surface area contributed by atoms with Gasteiger partial charge in [0.15, 0.2) is 0 Å². The number of rotatable bonds is 4. The molecule has 0 saturated carbocycles. The first-order valence-corrected chi connectivity index (χ1v) is 8.78. The lowest BCUT2D eigenvalue weighted by atomic mass is 10.1. The molecule has 1 fully saturated rings. The molecule has 1 N–H and O–H groups in total. The maximum absolute atomic E-state index is 12.7. The first-order valence-electron chi connectivity index (χ1n) is 8.78. The van der Waals surface area contributed by atoms with E-state index in [0.29, 0.717) is 25.2 Å². The predicted octanol–water partition coefficient (Wildman–Crippen LogP) is 1.67. The molecule has 2 aromatic carbocycles. The highest BCUT2D eigenvalue weighted by atomic mass is 16.5. The molecular formula is C20H20N4O3. The third-order valence-corrected chi connectivity index (χ3v) is 4.73. The van der Waals surface area contributed by atoms with Gasteiger partial charge in [-0.1, -0.05) is 18.2 Å². The Morgan fingerprint density at radius 1 is 1.26 bits per heavy atom. The summed E-state index contributed by atoms with van der Waals surface area (Å²) >= 11 is 0.